The minimum absolute atomic E-state index is 0.0197. The zero-order valence-corrected chi connectivity index (χ0v) is 10.9. The topological polar surface area (TPSA) is 60.9 Å². The summed E-state index contributed by atoms with van der Waals surface area (Å²) >= 11 is 3.31. The highest BCUT2D eigenvalue weighted by Gasteiger charge is 2.12. The summed E-state index contributed by atoms with van der Waals surface area (Å²) in [4.78, 5) is 12.0. The average Bonchev–Trinajstić information content (AvgIpc) is 2.63. The van der Waals surface area contributed by atoms with Crippen LogP contribution in [-0.4, -0.2) is 15.6 Å². The molecule has 0 aliphatic rings. The Bertz CT molecular complexity index is 563. The summed E-state index contributed by atoms with van der Waals surface area (Å²) in [6.07, 6.45) is 2.08. The van der Waals surface area contributed by atoms with Gasteiger partial charge < -0.3 is 5.73 Å². The predicted octanol–water partition coefficient (Wildman–Crippen LogP) is 2.19. The number of anilines is 1. The van der Waals surface area contributed by atoms with E-state index < -0.39 is 0 Å². The Morgan fingerprint density at radius 1 is 1.47 bits per heavy atom. The number of aryl methyl sites for hydroxylation is 1. The minimum atomic E-state index is -0.0197. The van der Waals surface area contributed by atoms with Gasteiger partial charge >= 0.3 is 0 Å². The number of hydrogen-bond acceptors (Lipinski definition) is 3. The van der Waals surface area contributed by atoms with Crippen molar-refractivity contribution in [2.75, 3.05) is 5.73 Å². The maximum absolute atomic E-state index is 12.0. The van der Waals surface area contributed by atoms with Crippen molar-refractivity contribution in [2.45, 2.75) is 6.42 Å². The number of rotatable bonds is 3. The van der Waals surface area contributed by atoms with Crippen molar-refractivity contribution in [3.05, 3.63) is 46.2 Å². The number of halogens is 1. The first kappa shape index (κ1) is 11.9. The number of aromatic nitrogens is 2. The van der Waals surface area contributed by atoms with Crippen molar-refractivity contribution < 1.29 is 4.79 Å². The molecule has 2 aromatic rings. The third kappa shape index (κ3) is 2.74. The fourth-order valence-electron chi connectivity index (χ4n) is 1.60. The number of carbonyl (C=O) groups excluding carboxylic acids is 1. The number of nitrogen functional groups attached to an aromatic ring is 1. The third-order valence-electron chi connectivity index (χ3n) is 2.42. The van der Waals surface area contributed by atoms with Crippen molar-refractivity contribution in [2.24, 2.45) is 7.05 Å². The van der Waals surface area contributed by atoms with Gasteiger partial charge in [0, 0.05) is 29.0 Å². The second-order valence-corrected chi connectivity index (χ2v) is 4.73. The summed E-state index contributed by atoms with van der Waals surface area (Å²) < 4.78 is 2.54. The molecule has 0 radical (unpaired) electrons. The highest BCUT2D eigenvalue weighted by molar-refractivity contribution is 9.10. The molecular formula is C12H12BrN3O. The molecule has 0 unspecified atom stereocenters. The molecule has 1 heterocycles. The summed E-state index contributed by atoms with van der Waals surface area (Å²) in [6.45, 7) is 0. The van der Waals surface area contributed by atoms with Gasteiger partial charge in [0.2, 0.25) is 0 Å². The van der Waals surface area contributed by atoms with Crippen LogP contribution in [0.4, 0.5) is 5.69 Å². The lowest BCUT2D eigenvalue weighted by Gasteiger charge is -2.04. The van der Waals surface area contributed by atoms with Crippen LogP contribution in [0.1, 0.15) is 16.1 Å². The van der Waals surface area contributed by atoms with Gasteiger partial charge in [-0.2, -0.15) is 5.10 Å². The zero-order chi connectivity index (χ0) is 12.4. The summed E-state index contributed by atoms with van der Waals surface area (Å²) in [5.74, 6) is -0.0197. The first-order valence-corrected chi connectivity index (χ1v) is 5.92. The first-order valence-electron chi connectivity index (χ1n) is 5.13. The van der Waals surface area contributed by atoms with Crippen molar-refractivity contribution in [1.29, 1.82) is 0 Å². The second-order valence-electron chi connectivity index (χ2n) is 3.81. The molecule has 1 aromatic carbocycles. The van der Waals surface area contributed by atoms with E-state index in [1.54, 1.807) is 16.8 Å². The molecule has 0 saturated carbocycles. The van der Waals surface area contributed by atoms with E-state index in [1.807, 2.05) is 25.4 Å². The molecule has 0 atom stereocenters. The van der Waals surface area contributed by atoms with Crippen molar-refractivity contribution in [3.63, 3.8) is 0 Å². The van der Waals surface area contributed by atoms with Gasteiger partial charge in [-0.1, -0.05) is 15.9 Å². The number of carbonyl (C=O) groups is 1. The largest absolute Gasteiger partial charge is 0.398 e. The smallest absolute Gasteiger partial charge is 0.170 e. The second kappa shape index (κ2) is 4.71. The summed E-state index contributed by atoms with van der Waals surface area (Å²) in [5.41, 5.74) is 7.58. The number of Topliss-reactive ketones (excluding diaryl/α,β-unsaturated/α-hetero) is 1. The number of ketones is 1. The molecule has 0 spiro atoms. The van der Waals surface area contributed by atoms with Crippen molar-refractivity contribution in [1.82, 2.24) is 9.78 Å². The van der Waals surface area contributed by atoms with Crippen LogP contribution < -0.4 is 5.73 Å². The van der Waals surface area contributed by atoms with Crippen molar-refractivity contribution in [3.8, 4) is 0 Å². The fraction of sp³-hybridized carbons (Fsp3) is 0.167. The van der Waals surface area contributed by atoms with Crippen LogP contribution >= 0.6 is 15.9 Å². The lowest BCUT2D eigenvalue weighted by Crippen LogP contribution is -2.07. The normalized spacial score (nSPS) is 10.5. The lowest BCUT2D eigenvalue weighted by molar-refractivity contribution is 0.0992. The van der Waals surface area contributed by atoms with Crippen LogP contribution in [0.15, 0.2) is 34.9 Å². The van der Waals surface area contributed by atoms with Crippen LogP contribution in [-0.2, 0) is 13.5 Å². The van der Waals surface area contributed by atoms with Crippen LogP contribution in [0.2, 0.25) is 0 Å². The van der Waals surface area contributed by atoms with Crippen LogP contribution in [0, 0.1) is 0 Å². The first-order chi connectivity index (χ1) is 8.06. The Kier molecular flexibility index (Phi) is 3.28. The number of hydrogen-bond donors (Lipinski definition) is 1. The van der Waals surface area contributed by atoms with Crippen molar-refractivity contribution >= 4 is 27.4 Å². The van der Waals surface area contributed by atoms with E-state index in [9.17, 15) is 4.79 Å². The average molecular weight is 294 g/mol. The van der Waals surface area contributed by atoms with Crippen LogP contribution in [0.3, 0.4) is 0 Å². The molecule has 88 valence electrons. The van der Waals surface area contributed by atoms with E-state index in [0.717, 1.165) is 10.2 Å². The quantitative estimate of drug-likeness (QED) is 0.697. The van der Waals surface area contributed by atoms with Gasteiger partial charge in [-0.25, -0.2) is 0 Å². The van der Waals surface area contributed by atoms with E-state index >= 15 is 0 Å². The minimum Gasteiger partial charge on any atom is -0.398 e. The molecule has 5 heteroatoms. The van der Waals surface area contributed by atoms with Gasteiger partial charge in [0.1, 0.15) is 0 Å². The Balaban J connectivity index is 2.20. The third-order valence-corrected chi connectivity index (χ3v) is 2.92. The monoisotopic (exact) mass is 293 g/mol. The van der Waals surface area contributed by atoms with Gasteiger partial charge in [0.05, 0.1) is 12.1 Å². The molecule has 4 nitrogen and oxygen atoms in total. The molecule has 2 rings (SSSR count). The highest BCUT2D eigenvalue weighted by atomic mass is 79.9. The Morgan fingerprint density at radius 2 is 2.24 bits per heavy atom. The Hall–Kier alpha value is -1.62. The van der Waals surface area contributed by atoms with Gasteiger partial charge in [-0.15, -0.1) is 0 Å². The molecule has 0 aliphatic carbocycles. The van der Waals surface area contributed by atoms with Gasteiger partial charge in [-0.05, 0) is 24.3 Å². The van der Waals surface area contributed by atoms with E-state index in [0.29, 0.717) is 11.3 Å². The summed E-state index contributed by atoms with van der Waals surface area (Å²) in [6, 6.07) is 7.09. The van der Waals surface area contributed by atoms with Crippen LogP contribution in [0.5, 0.6) is 0 Å². The number of benzene rings is 1. The Labute approximate surface area is 108 Å². The Morgan fingerprint density at radius 3 is 2.82 bits per heavy atom. The standard InChI is InChI=1S/C12H12BrN3O/c1-16-5-4-9(15-16)7-12(17)10-3-2-8(13)6-11(10)14/h2-6H,7,14H2,1H3. The van der Waals surface area contributed by atoms with E-state index in [4.69, 9.17) is 5.73 Å². The maximum atomic E-state index is 12.0. The molecule has 2 N–H and O–H groups in total. The molecule has 0 saturated heterocycles. The molecule has 0 amide bonds. The molecule has 0 fully saturated rings. The number of nitrogens with zero attached hydrogens (tertiary/aromatic N) is 2. The molecule has 1 aromatic heterocycles. The zero-order valence-electron chi connectivity index (χ0n) is 9.35. The van der Waals surface area contributed by atoms with E-state index in [1.165, 1.54) is 0 Å². The maximum Gasteiger partial charge on any atom is 0.170 e. The predicted molar refractivity (Wildman–Crippen MR) is 69.8 cm³/mol. The molecule has 17 heavy (non-hydrogen) atoms. The highest BCUT2D eigenvalue weighted by Crippen LogP contribution is 2.19. The summed E-state index contributed by atoms with van der Waals surface area (Å²) in [5, 5.41) is 4.17. The number of nitrogens with two attached hydrogens (primary N) is 1. The van der Waals surface area contributed by atoms with Crippen LogP contribution in [0.25, 0.3) is 0 Å². The fourth-order valence-corrected chi connectivity index (χ4v) is 1.98. The molecular weight excluding hydrogens is 282 g/mol. The summed E-state index contributed by atoms with van der Waals surface area (Å²) in [7, 11) is 1.82. The SMILES string of the molecule is Cn1ccc(CC(=O)c2ccc(Br)cc2N)n1. The molecule has 0 aliphatic heterocycles. The van der Waals surface area contributed by atoms with E-state index in [2.05, 4.69) is 21.0 Å². The van der Waals surface area contributed by atoms with E-state index in [-0.39, 0.29) is 12.2 Å². The van der Waals surface area contributed by atoms with Gasteiger partial charge in [0.15, 0.2) is 5.78 Å². The van der Waals surface area contributed by atoms with Gasteiger partial charge in [0.25, 0.3) is 0 Å². The van der Waals surface area contributed by atoms with Gasteiger partial charge in [-0.3, -0.25) is 9.48 Å². The lowest BCUT2D eigenvalue weighted by atomic mass is 10.1. The molecule has 0 bridgehead atoms.